The van der Waals surface area contributed by atoms with Crippen molar-refractivity contribution in [1.82, 2.24) is 0 Å². The normalized spacial score (nSPS) is 14.0. The highest BCUT2D eigenvalue weighted by Crippen LogP contribution is 2.15. The molecule has 0 aliphatic rings. The first kappa shape index (κ1) is 34.2. The second-order valence-electron chi connectivity index (χ2n) is 5.96. The molecular formula is C15H24O18. The minimum absolute atomic E-state index is 0.806. The number of hydrogen-bond acceptors (Lipinski definition) is 12. The Bertz CT molecular complexity index is 658. The number of aliphatic carboxylic acids is 6. The molecule has 0 heterocycles. The molecule has 0 saturated carbocycles. The average Bonchev–Trinajstić information content (AvgIpc) is 2.63. The van der Waals surface area contributed by atoms with Crippen molar-refractivity contribution >= 4 is 35.8 Å². The van der Waals surface area contributed by atoms with Gasteiger partial charge in [-0.15, -0.1) is 0 Å². The molecule has 0 aromatic heterocycles. The van der Waals surface area contributed by atoms with E-state index in [1.165, 1.54) is 0 Å². The van der Waals surface area contributed by atoms with Gasteiger partial charge in [-0.1, -0.05) is 0 Å². The fraction of sp³-hybridized carbons (Fsp3) is 0.600. The number of carboxylic acids is 6. The van der Waals surface area contributed by atoms with Crippen LogP contribution in [0.4, 0.5) is 0 Å². The lowest BCUT2D eigenvalue weighted by Crippen LogP contribution is -2.48. The van der Waals surface area contributed by atoms with Crippen LogP contribution >= 0.6 is 0 Å². The van der Waals surface area contributed by atoms with E-state index in [2.05, 4.69) is 0 Å². The van der Waals surface area contributed by atoms with Gasteiger partial charge >= 0.3 is 35.8 Å². The summed E-state index contributed by atoms with van der Waals surface area (Å²) in [5, 5.41) is 101. The fourth-order valence-corrected chi connectivity index (χ4v) is 1.51. The standard InChI is InChI=1S/C6H8O7.C6H12O7.C3H4O4/c7-3(8)1-6(13,5(11)12)2-4(9)10;7-1-2(8)3(9)4(10)5(11)6(12)13;4-2(5)1-3(6)7/h13H,1-2H2,(H,7,8)(H,9,10)(H,11,12);2-5,7-11H,1H2,(H,12,13);1H2,(H,4,5)(H,6,7)/t;2-,3-,4+,5-;/m.1./s1. The Hall–Kier alpha value is -3.42. The molecule has 0 aliphatic carbocycles. The molecule has 0 fully saturated rings. The van der Waals surface area contributed by atoms with Crippen molar-refractivity contribution in [3.8, 4) is 0 Å². The van der Waals surface area contributed by atoms with E-state index < -0.39 is 91.7 Å². The summed E-state index contributed by atoms with van der Waals surface area (Å²) in [5.74, 6) is -9.37. The van der Waals surface area contributed by atoms with Crippen molar-refractivity contribution < 1.29 is 90.0 Å². The van der Waals surface area contributed by atoms with E-state index in [0.717, 1.165) is 0 Å². The van der Waals surface area contributed by atoms with E-state index in [1.54, 1.807) is 0 Å². The first-order valence-electron chi connectivity index (χ1n) is 8.21. The van der Waals surface area contributed by atoms with Crippen LogP contribution in [0.1, 0.15) is 19.3 Å². The maximum Gasteiger partial charge on any atom is 0.336 e. The van der Waals surface area contributed by atoms with E-state index in [9.17, 15) is 28.8 Å². The summed E-state index contributed by atoms with van der Waals surface area (Å²) in [5.41, 5.74) is -2.74. The summed E-state index contributed by atoms with van der Waals surface area (Å²) in [4.78, 5) is 59.4. The van der Waals surface area contributed by atoms with E-state index in [0.29, 0.717) is 0 Å². The van der Waals surface area contributed by atoms with Crippen molar-refractivity contribution in [3.05, 3.63) is 0 Å². The molecule has 0 bridgehead atoms. The van der Waals surface area contributed by atoms with Crippen molar-refractivity contribution in [2.24, 2.45) is 0 Å². The van der Waals surface area contributed by atoms with Gasteiger partial charge < -0.3 is 61.3 Å². The second-order valence-corrected chi connectivity index (χ2v) is 5.96. The molecular weight excluding hydrogens is 468 g/mol. The highest BCUT2D eigenvalue weighted by Gasteiger charge is 2.40. The lowest BCUT2D eigenvalue weighted by molar-refractivity contribution is -0.170. The molecule has 33 heavy (non-hydrogen) atoms. The van der Waals surface area contributed by atoms with Gasteiger partial charge in [-0.2, -0.15) is 0 Å². The Morgan fingerprint density at radius 2 is 1.00 bits per heavy atom. The lowest BCUT2D eigenvalue weighted by Gasteiger charge is -2.23. The summed E-state index contributed by atoms with van der Waals surface area (Å²) in [6, 6.07) is 0. The van der Waals surface area contributed by atoms with Crippen LogP contribution in [-0.2, 0) is 28.8 Å². The Morgan fingerprint density at radius 3 is 1.18 bits per heavy atom. The summed E-state index contributed by atoms with van der Waals surface area (Å²) in [6.07, 6.45) is -10.9. The van der Waals surface area contributed by atoms with Gasteiger partial charge in [-0.25, -0.2) is 9.59 Å². The van der Waals surface area contributed by atoms with Crippen LogP contribution < -0.4 is 0 Å². The average molecular weight is 492 g/mol. The van der Waals surface area contributed by atoms with Gasteiger partial charge in [0, 0.05) is 0 Å². The molecule has 0 aromatic rings. The number of aliphatic hydroxyl groups excluding tert-OH is 5. The van der Waals surface area contributed by atoms with Crippen LogP contribution in [0.15, 0.2) is 0 Å². The molecule has 12 N–H and O–H groups in total. The molecule has 0 rings (SSSR count). The maximum absolute atomic E-state index is 10.3. The summed E-state index contributed by atoms with van der Waals surface area (Å²) < 4.78 is 0. The van der Waals surface area contributed by atoms with Gasteiger partial charge in [0.15, 0.2) is 11.7 Å². The minimum atomic E-state index is -2.74. The molecule has 0 aromatic carbocycles. The van der Waals surface area contributed by atoms with Crippen molar-refractivity contribution in [3.63, 3.8) is 0 Å². The molecule has 4 atom stereocenters. The van der Waals surface area contributed by atoms with Gasteiger partial charge in [0.25, 0.3) is 0 Å². The van der Waals surface area contributed by atoms with Crippen LogP contribution in [0.2, 0.25) is 0 Å². The van der Waals surface area contributed by atoms with Crippen LogP contribution in [0, 0.1) is 0 Å². The first-order valence-corrected chi connectivity index (χ1v) is 8.21. The van der Waals surface area contributed by atoms with Crippen LogP contribution in [0.3, 0.4) is 0 Å². The van der Waals surface area contributed by atoms with Gasteiger partial charge in [0.2, 0.25) is 0 Å². The van der Waals surface area contributed by atoms with Gasteiger partial charge in [-0.3, -0.25) is 19.2 Å². The third-order valence-electron chi connectivity index (χ3n) is 3.10. The zero-order valence-electron chi connectivity index (χ0n) is 16.5. The molecule has 18 heteroatoms. The Balaban J connectivity index is -0.000000429. The summed E-state index contributed by atoms with van der Waals surface area (Å²) >= 11 is 0. The zero-order chi connectivity index (χ0) is 27.1. The van der Waals surface area contributed by atoms with Crippen molar-refractivity contribution in [2.75, 3.05) is 6.61 Å². The maximum atomic E-state index is 10.3. The van der Waals surface area contributed by atoms with Gasteiger partial charge in [0.05, 0.1) is 19.4 Å². The Labute approximate surface area is 182 Å². The largest absolute Gasteiger partial charge is 0.481 e. The van der Waals surface area contributed by atoms with E-state index >= 15 is 0 Å². The van der Waals surface area contributed by atoms with E-state index in [4.69, 9.17) is 61.3 Å². The molecule has 0 unspecified atom stereocenters. The minimum Gasteiger partial charge on any atom is -0.481 e. The molecule has 18 nitrogen and oxygen atoms in total. The molecule has 192 valence electrons. The number of rotatable bonds is 12. The van der Waals surface area contributed by atoms with E-state index in [1.807, 2.05) is 0 Å². The molecule has 0 radical (unpaired) electrons. The Kier molecular flexibility index (Phi) is 16.8. The number of carboxylic acid groups (broad SMARTS) is 6. The predicted octanol–water partition coefficient (Wildman–Crippen LogP) is -5.20. The number of aliphatic hydroxyl groups is 6. The second kappa shape index (κ2) is 16.2. The third-order valence-corrected chi connectivity index (χ3v) is 3.10. The van der Waals surface area contributed by atoms with Gasteiger partial charge in [-0.05, 0) is 0 Å². The summed E-state index contributed by atoms with van der Waals surface area (Å²) in [6.45, 7) is -0.843. The third kappa shape index (κ3) is 16.9. The highest BCUT2D eigenvalue weighted by molar-refractivity contribution is 5.89. The Morgan fingerprint density at radius 1 is 0.636 bits per heavy atom. The van der Waals surface area contributed by atoms with E-state index in [-0.39, 0.29) is 0 Å². The van der Waals surface area contributed by atoms with Crippen molar-refractivity contribution in [1.29, 1.82) is 0 Å². The molecule has 0 spiro atoms. The SMILES string of the molecule is O=C(O)CC(=O)O.O=C(O)CC(O)(CC(=O)O)C(=O)O.O=C(O)[C@H](O)[C@@H](O)[C@H](O)[C@H](O)CO. The van der Waals surface area contributed by atoms with Crippen LogP contribution in [-0.4, -0.2) is 134 Å². The fourth-order valence-electron chi connectivity index (χ4n) is 1.51. The number of hydrogen-bond donors (Lipinski definition) is 12. The van der Waals surface area contributed by atoms with Crippen LogP contribution in [0.25, 0.3) is 0 Å². The molecule has 0 aliphatic heterocycles. The zero-order valence-corrected chi connectivity index (χ0v) is 16.5. The predicted molar refractivity (Wildman–Crippen MR) is 95.7 cm³/mol. The lowest BCUT2D eigenvalue weighted by atomic mass is 9.96. The number of carbonyl (C=O) groups is 6. The molecule has 0 amide bonds. The quantitative estimate of drug-likeness (QED) is 0.113. The monoisotopic (exact) mass is 492 g/mol. The van der Waals surface area contributed by atoms with Crippen LogP contribution in [0.5, 0.6) is 0 Å². The summed E-state index contributed by atoms with van der Waals surface area (Å²) in [7, 11) is 0. The first-order chi connectivity index (χ1) is 14.8. The smallest absolute Gasteiger partial charge is 0.336 e. The topological polar surface area (TPSA) is 345 Å². The highest BCUT2D eigenvalue weighted by atomic mass is 16.4. The van der Waals surface area contributed by atoms with Gasteiger partial charge in [0.1, 0.15) is 24.7 Å². The van der Waals surface area contributed by atoms with Crippen molar-refractivity contribution in [2.45, 2.75) is 49.3 Å². The molecule has 0 saturated heterocycles.